The van der Waals surface area contributed by atoms with Gasteiger partial charge in [-0.2, -0.15) is 0 Å². The maximum absolute atomic E-state index is 11.9. The summed E-state index contributed by atoms with van der Waals surface area (Å²) in [7, 11) is 0. The van der Waals surface area contributed by atoms with E-state index < -0.39 is 0 Å². The molecule has 0 bridgehead atoms. The SMILES string of the molecule is CC1(NC(=O)CCC2CCCCN2)CCCC1. The fraction of sp³-hybridized carbons (Fsp3) is 0.929. The van der Waals surface area contributed by atoms with Crippen molar-refractivity contribution in [3.05, 3.63) is 0 Å². The molecule has 0 aromatic carbocycles. The Bertz CT molecular complexity index is 253. The number of hydrogen-bond acceptors (Lipinski definition) is 2. The van der Waals surface area contributed by atoms with Crippen molar-refractivity contribution in [3.63, 3.8) is 0 Å². The van der Waals surface area contributed by atoms with E-state index in [0.717, 1.165) is 25.8 Å². The molecule has 1 saturated carbocycles. The van der Waals surface area contributed by atoms with E-state index in [0.29, 0.717) is 12.5 Å². The normalized spacial score (nSPS) is 27.9. The average molecular weight is 238 g/mol. The van der Waals surface area contributed by atoms with Gasteiger partial charge in [-0.1, -0.05) is 19.3 Å². The minimum absolute atomic E-state index is 0.0943. The molecule has 2 rings (SSSR count). The van der Waals surface area contributed by atoms with Crippen molar-refractivity contribution in [1.29, 1.82) is 0 Å². The first kappa shape index (κ1) is 12.9. The summed E-state index contributed by atoms with van der Waals surface area (Å²) in [6, 6.07) is 0.575. The van der Waals surface area contributed by atoms with Crippen LogP contribution in [-0.2, 0) is 4.79 Å². The molecule has 1 amide bonds. The van der Waals surface area contributed by atoms with Crippen molar-refractivity contribution in [2.75, 3.05) is 6.54 Å². The van der Waals surface area contributed by atoms with Gasteiger partial charge in [0.05, 0.1) is 0 Å². The van der Waals surface area contributed by atoms with Crippen LogP contribution in [-0.4, -0.2) is 24.0 Å². The topological polar surface area (TPSA) is 41.1 Å². The van der Waals surface area contributed by atoms with Gasteiger partial charge < -0.3 is 10.6 Å². The van der Waals surface area contributed by atoms with E-state index in [4.69, 9.17) is 0 Å². The fourth-order valence-electron chi connectivity index (χ4n) is 3.16. The molecule has 0 aromatic rings. The smallest absolute Gasteiger partial charge is 0.220 e. The third-order valence-electron chi connectivity index (χ3n) is 4.28. The Kier molecular flexibility index (Phi) is 4.43. The number of carbonyl (C=O) groups is 1. The molecule has 17 heavy (non-hydrogen) atoms. The molecule has 0 aromatic heterocycles. The molecule has 3 heteroatoms. The molecular weight excluding hydrogens is 212 g/mol. The predicted octanol–water partition coefficient (Wildman–Crippen LogP) is 2.36. The van der Waals surface area contributed by atoms with Gasteiger partial charge in [-0.15, -0.1) is 0 Å². The molecule has 2 fully saturated rings. The molecule has 2 N–H and O–H groups in total. The summed E-state index contributed by atoms with van der Waals surface area (Å²) in [6.07, 6.45) is 10.4. The van der Waals surface area contributed by atoms with Gasteiger partial charge in [0.15, 0.2) is 0 Å². The maximum Gasteiger partial charge on any atom is 0.220 e. The van der Waals surface area contributed by atoms with Gasteiger partial charge in [0.25, 0.3) is 0 Å². The lowest BCUT2D eigenvalue weighted by Gasteiger charge is -2.27. The predicted molar refractivity (Wildman–Crippen MR) is 69.9 cm³/mol. The largest absolute Gasteiger partial charge is 0.351 e. The first-order valence-corrected chi connectivity index (χ1v) is 7.22. The Morgan fingerprint density at radius 1 is 1.29 bits per heavy atom. The van der Waals surface area contributed by atoms with E-state index in [-0.39, 0.29) is 11.4 Å². The lowest BCUT2D eigenvalue weighted by Crippen LogP contribution is -2.44. The number of nitrogens with one attached hydrogen (secondary N) is 2. The summed E-state index contributed by atoms with van der Waals surface area (Å²) in [5, 5.41) is 6.73. The molecule has 1 saturated heterocycles. The standard InChI is InChI=1S/C14H26N2O/c1-14(9-3-4-10-14)16-13(17)8-7-12-6-2-5-11-15-12/h12,15H,2-11H2,1H3,(H,16,17). The van der Waals surface area contributed by atoms with Crippen LogP contribution in [0, 0.1) is 0 Å². The van der Waals surface area contributed by atoms with Crippen LogP contribution >= 0.6 is 0 Å². The first-order chi connectivity index (χ1) is 8.18. The molecule has 1 aliphatic carbocycles. The van der Waals surface area contributed by atoms with Crippen molar-refractivity contribution >= 4 is 5.91 Å². The van der Waals surface area contributed by atoms with Crippen LogP contribution in [0.3, 0.4) is 0 Å². The van der Waals surface area contributed by atoms with E-state index in [9.17, 15) is 4.79 Å². The zero-order chi connectivity index (χ0) is 12.1. The molecule has 0 radical (unpaired) electrons. The summed E-state index contributed by atoms with van der Waals surface area (Å²) in [6.45, 7) is 3.32. The van der Waals surface area contributed by atoms with E-state index in [1.54, 1.807) is 0 Å². The zero-order valence-corrected chi connectivity index (χ0v) is 11.1. The number of rotatable bonds is 4. The van der Waals surface area contributed by atoms with E-state index in [1.165, 1.54) is 32.1 Å². The lowest BCUT2D eigenvalue weighted by molar-refractivity contribution is -0.123. The second kappa shape index (κ2) is 5.85. The van der Waals surface area contributed by atoms with Crippen molar-refractivity contribution in [2.24, 2.45) is 0 Å². The summed E-state index contributed by atoms with van der Waals surface area (Å²) < 4.78 is 0. The lowest BCUT2D eigenvalue weighted by atomic mass is 9.98. The van der Waals surface area contributed by atoms with Gasteiger partial charge in [0.2, 0.25) is 5.91 Å². The maximum atomic E-state index is 11.9. The summed E-state index contributed by atoms with van der Waals surface area (Å²) in [5.74, 6) is 0.252. The van der Waals surface area contributed by atoms with Crippen LogP contribution in [0.25, 0.3) is 0 Å². The quantitative estimate of drug-likeness (QED) is 0.789. The highest BCUT2D eigenvalue weighted by Crippen LogP contribution is 2.29. The highest BCUT2D eigenvalue weighted by Gasteiger charge is 2.29. The van der Waals surface area contributed by atoms with E-state index >= 15 is 0 Å². The van der Waals surface area contributed by atoms with Crippen LogP contribution in [0.1, 0.15) is 64.7 Å². The van der Waals surface area contributed by atoms with Crippen LogP contribution in [0.4, 0.5) is 0 Å². The summed E-state index contributed by atoms with van der Waals surface area (Å²) >= 11 is 0. The third-order valence-corrected chi connectivity index (χ3v) is 4.28. The molecule has 2 aliphatic rings. The van der Waals surface area contributed by atoms with Crippen molar-refractivity contribution < 1.29 is 4.79 Å². The first-order valence-electron chi connectivity index (χ1n) is 7.22. The molecule has 1 heterocycles. The zero-order valence-electron chi connectivity index (χ0n) is 11.1. The van der Waals surface area contributed by atoms with Crippen LogP contribution in [0.5, 0.6) is 0 Å². The monoisotopic (exact) mass is 238 g/mol. The summed E-state index contributed by atoms with van der Waals surface area (Å²) in [4.78, 5) is 11.9. The molecule has 0 spiro atoms. The second-order valence-corrected chi connectivity index (χ2v) is 6.00. The van der Waals surface area contributed by atoms with E-state index in [1.807, 2.05) is 0 Å². The van der Waals surface area contributed by atoms with Gasteiger partial charge in [-0.25, -0.2) is 0 Å². The fourth-order valence-corrected chi connectivity index (χ4v) is 3.16. The molecule has 3 nitrogen and oxygen atoms in total. The van der Waals surface area contributed by atoms with Gasteiger partial charge in [0.1, 0.15) is 0 Å². The molecule has 1 atom stereocenters. The Hall–Kier alpha value is -0.570. The molecular formula is C14H26N2O. The van der Waals surface area contributed by atoms with Gasteiger partial charge >= 0.3 is 0 Å². The van der Waals surface area contributed by atoms with Crippen molar-refractivity contribution in [3.8, 4) is 0 Å². The Morgan fingerprint density at radius 3 is 2.71 bits per heavy atom. The minimum Gasteiger partial charge on any atom is -0.351 e. The van der Waals surface area contributed by atoms with Crippen molar-refractivity contribution in [2.45, 2.75) is 76.3 Å². The highest BCUT2D eigenvalue weighted by atomic mass is 16.1. The van der Waals surface area contributed by atoms with Gasteiger partial charge in [-0.3, -0.25) is 4.79 Å². The minimum atomic E-state index is 0.0943. The Balaban J connectivity index is 1.66. The van der Waals surface area contributed by atoms with Crippen molar-refractivity contribution in [1.82, 2.24) is 10.6 Å². The highest BCUT2D eigenvalue weighted by molar-refractivity contribution is 5.76. The van der Waals surface area contributed by atoms with Crippen LogP contribution in [0.15, 0.2) is 0 Å². The Morgan fingerprint density at radius 2 is 2.06 bits per heavy atom. The van der Waals surface area contributed by atoms with E-state index in [2.05, 4.69) is 17.6 Å². The average Bonchev–Trinajstić information content (AvgIpc) is 2.74. The van der Waals surface area contributed by atoms with Crippen LogP contribution < -0.4 is 10.6 Å². The number of hydrogen-bond donors (Lipinski definition) is 2. The molecule has 1 unspecified atom stereocenters. The van der Waals surface area contributed by atoms with Gasteiger partial charge in [0, 0.05) is 18.0 Å². The number of carbonyl (C=O) groups excluding carboxylic acids is 1. The molecule has 1 aliphatic heterocycles. The number of piperidine rings is 1. The molecule has 98 valence electrons. The third kappa shape index (κ3) is 3.98. The van der Waals surface area contributed by atoms with Crippen LogP contribution in [0.2, 0.25) is 0 Å². The Labute approximate surface area is 105 Å². The number of amides is 1. The second-order valence-electron chi connectivity index (χ2n) is 6.00. The summed E-state index contributed by atoms with van der Waals surface area (Å²) in [5.41, 5.74) is 0.0943. The van der Waals surface area contributed by atoms with Gasteiger partial charge in [-0.05, 0) is 45.6 Å².